The van der Waals surface area contributed by atoms with E-state index in [0.29, 0.717) is 35.3 Å². The molecule has 0 atom stereocenters. The van der Waals surface area contributed by atoms with Crippen LogP contribution in [0.2, 0.25) is 5.02 Å². The number of benzene rings is 2. The molecule has 0 saturated heterocycles. The lowest BCUT2D eigenvalue weighted by Crippen LogP contribution is -2.33. The number of nitrogens with zero attached hydrogens (tertiary/aromatic N) is 3. The largest absolute Gasteiger partial charge is 0.497 e. The first-order valence-electron chi connectivity index (χ1n) is 10.6. The number of methoxy groups -OCH3 is 1. The van der Waals surface area contributed by atoms with Crippen LogP contribution in [0.15, 0.2) is 40.9 Å². The van der Waals surface area contributed by atoms with Gasteiger partial charge in [-0.2, -0.15) is 0 Å². The molecule has 0 unspecified atom stereocenters. The quantitative estimate of drug-likeness (QED) is 0.330. The molecule has 0 spiro atoms. The van der Waals surface area contributed by atoms with Gasteiger partial charge in [-0.3, -0.25) is 4.79 Å². The number of carbonyl (C=O) groups is 1. The maximum Gasteiger partial charge on any atom is 0.255 e. The number of fused-ring (bicyclic) bond motifs is 1. The van der Waals surface area contributed by atoms with E-state index in [4.69, 9.17) is 21.3 Å². The van der Waals surface area contributed by atoms with E-state index in [1.54, 1.807) is 13.2 Å². The summed E-state index contributed by atoms with van der Waals surface area (Å²) in [4.78, 5) is 20.3. The molecule has 3 aromatic rings. The van der Waals surface area contributed by atoms with Gasteiger partial charge in [0.2, 0.25) is 0 Å². The van der Waals surface area contributed by atoms with Crippen molar-refractivity contribution < 1.29 is 9.53 Å². The molecule has 0 N–H and O–H groups in total. The Bertz CT molecular complexity index is 1060. The summed E-state index contributed by atoms with van der Waals surface area (Å²) in [5.74, 6) is 1.97. The third kappa shape index (κ3) is 5.60. The molecule has 1 amide bonds. The average molecular weight is 507 g/mol. The van der Waals surface area contributed by atoms with Gasteiger partial charge < -0.3 is 14.2 Å². The fraction of sp³-hybridized carbons (Fsp3) is 0.417. The highest BCUT2D eigenvalue weighted by molar-refractivity contribution is 9.10. The Labute approximate surface area is 197 Å². The number of imidazole rings is 1. The van der Waals surface area contributed by atoms with Crippen molar-refractivity contribution in [3.63, 3.8) is 0 Å². The molecule has 0 fully saturated rings. The van der Waals surface area contributed by atoms with E-state index in [1.807, 2.05) is 35.2 Å². The van der Waals surface area contributed by atoms with Crippen molar-refractivity contribution in [3.05, 3.63) is 57.3 Å². The van der Waals surface area contributed by atoms with E-state index in [0.717, 1.165) is 40.7 Å². The van der Waals surface area contributed by atoms with Gasteiger partial charge in [-0.25, -0.2) is 4.98 Å². The number of halogens is 2. The number of carbonyl (C=O) groups excluding carboxylic acids is 1. The standard InChI is InChI=1S/C24H29BrClN3O2/c1-5-11-29-22-13-17(26)6-9-21(22)27-23(29)15-28(12-10-16(2)3)24(30)19-14-18(31-4)7-8-20(19)25/h6-9,13-14,16H,5,10-12,15H2,1-4H3. The zero-order valence-corrected chi connectivity index (χ0v) is 20.8. The zero-order chi connectivity index (χ0) is 22.5. The Morgan fingerprint density at radius 1 is 1.26 bits per heavy atom. The summed E-state index contributed by atoms with van der Waals surface area (Å²) < 4.78 is 8.27. The fourth-order valence-corrected chi connectivity index (χ4v) is 4.12. The van der Waals surface area contributed by atoms with Crippen LogP contribution < -0.4 is 4.74 Å². The highest BCUT2D eigenvalue weighted by atomic mass is 79.9. The summed E-state index contributed by atoms with van der Waals surface area (Å²) in [6.07, 6.45) is 1.87. The Hall–Kier alpha value is -2.05. The minimum absolute atomic E-state index is 0.0421. The number of rotatable bonds is 9. The topological polar surface area (TPSA) is 47.4 Å². The number of amides is 1. The van der Waals surface area contributed by atoms with Crippen molar-refractivity contribution in [2.75, 3.05) is 13.7 Å². The van der Waals surface area contributed by atoms with E-state index in [1.165, 1.54) is 0 Å². The molecule has 0 saturated carbocycles. The van der Waals surface area contributed by atoms with E-state index < -0.39 is 0 Å². The molecule has 0 aliphatic heterocycles. The number of ether oxygens (including phenoxy) is 1. The molecule has 0 aliphatic carbocycles. The smallest absolute Gasteiger partial charge is 0.255 e. The molecule has 7 heteroatoms. The van der Waals surface area contributed by atoms with Crippen molar-refractivity contribution in [3.8, 4) is 5.75 Å². The van der Waals surface area contributed by atoms with Crippen LogP contribution in [0.3, 0.4) is 0 Å². The molecule has 1 aromatic heterocycles. The van der Waals surface area contributed by atoms with E-state index in [-0.39, 0.29) is 5.91 Å². The number of aryl methyl sites for hydroxylation is 1. The average Bonchev–Trinajstić information content (AvgIpc) is 3.07. The summed E-state index contributed by atoms with van der Waals surface area (Å²) in [6.45, 7) is 8.37. The highest BCUT2D eigenvalue weighted by Gasteiger charge is 2.22. The Balaban J connectivity index is 2.00. The monoisotopic (exact) mass is 505 g/mol. The third-order valence-electron chi connectivity index (χ3n) is 5.24. The molecule has 0 bridgehead atoms. The first-order chi connectivity index (χ1) is 14.8. The summed E-state index contributed by atoms with van der Waals surface area (Å²) >= 11 is 9.78. The van der Waals surface area contributed by atoms with Crippen molar-refractivity contribution >= 4 is 44.5 Å². The zero-order valence-electron chi connectivity index (χ0n) is 18.5. The van der Waals surface area contributed by atoms with Crippen molar-refractivity contribution in [1.29, 1.82) is 0 Å². The Morgan fingerprint density at radius 2 is 2.03 bits per heavy atom. The van der Waals surface area contributed by atoms with Gasteiger partial charge in [0.1, 0.15) is 11.6 Å². The van der Waals surface area contributed by atoms with Gasteiger partial charge in [0.05, 0.1) is 30.3 Å². The normalized spacial score (nSPS) is 11.3. The first-order valence-corrected chi connectivity index (χ1v) is 11.8. The second-order valence-corrected chi connectivity index (χ2v) is 9.36. The predicted octanol–water partition coefficient (Wildman–Crippen LogP) is 6.56. The fourth-order valence-electron chi connectivity index (χ4n) is 3.54. The van der Waals surface area contributed by atoms with Crippen molar-refractivity contribution in [2.24, 2.45) is 5.92 Å². The first kappa shape index (κ1) is 23.6. The molecule has 31 heavy (non-hydrogen) atoms. The molecule has 3 rings (SSSR count). The maximum atomic E-state index is 13.6. The Kier molecular flexibility index (Phi) is 8.00. The van der Waals surface area contributed by atoms with Crippen LogP contribution in [-0.2, 0) is 13.1 Å². The molecule has 0 aliphatic rings. The molecule has 0 radical (unpaired) electrons. The number of aromatic nitrogens is 2. The molecular formula is C24H29BrClN3O2. The van der Waals surface area contributed by atoms with Crippen LogP contribution in [-0.4, -0.2) is 34.0 Å². The lowest BCUT2D eigenvalue weighted by molar-refractivity contribution is 0.0728. The summed E-state index contributed by atoms with van der Waals surface area (Å²) in [5, 5.41) is 0.685. The van der Waals surface area contributed by atoms with Gasteiger partial charge in [-0.1, -0.05) is 32.4 Å². The van der Waals surface area contributed by atoms with Crippen LogP contribution in [0, 0.1) is 5.92 Å². The highest BCUT2D eigenvalue weighted by Crippen LogP contribution is 2.26. The lowest BCUT2D eigenvalue weighted by Gasteiger charge is -2.24. The summed E-state index contributed by atoms with van der Waals surface area (Å²) in [7, 11) is 1.60. The minimum atomic E-state index is -0.0421. The summed E-state index contributed by atoms with van der Waals surface area (Å²) in [6, 6.07) is 11.2. The molecular weight excluding hydrogens is 478 g/mol. The third-order valence-corrected chi connectivity index (χ3v) is 6.16. The van der Waals surface area contributed by atoms with Crippen LogP contribution in [0.4, 0.5) is 0 Å². The Morgan fingerprint density at radius 3 is 2.71 bits per heavy atom. The van der Waals surface area contributed by atoms with Crippen LogP contribution in [0.5, 0.6) is 5.75 Å². The summed E-state index contributed by atoms with van der Waals surface area (Å²) in [5.41, 5.74) is 2.49. The van der Waals surface area contributed by atoms with E-state index in [2.05, 4.69) is 41.3 Å². The number of hydrogen-bond acceptors (Lipinski definition) is 3. The second kappa shape index (κ2) is 10.5. The van der Waals surface area contributed by atoms with E-state index in [9.17, 15) is 4.79 Å². The van der Waals surface area contributed by atoms with Gasteiger partial charge >= 0.3 is 0 Å². The molecule has 1 heterocycles. The van der Waals surface area contributed by atoms with Crippen molar-refractivity contribution in [1.82, 2.24) is 14.5 Å². The van der Waals surface area contributed by atoms with Crippen molar-refractivity contribution in [2.45, 2.75) is 46.7 Å². The van der Waals surface area contributed by atoms with Gasteiger partial charge in [0, 0.05) is 22.6 Å². The lowest BCUT2D eigenvalue weighted by atomic mass is 10.1. The molecule has 166 valence electrons. The molecule has 2 aromatic carbocycles. The van der Waals surface area contributed by atoms with Crippen LogP contribution in [0.1, 0.15) is 49.8 Å². The predicted molar refractivity (Wildman–Crippen MR) is 130 cm³/mol. The van der Waals surface area contributed by atoms with Gasteiger partial charge in [-0.15, -0.1) is 0 Å². The maximum absolute atomic E-state index is 13.6. The molecule has 5 nitrogen and oxygen atoms in total. The number of hydrogen-bond donors (Lipinski definition) is 0. The second-order valence-electron chi connectivity index (χ2n) is 8.07. The van der Waals surface area contributed by atoms with Crippen LogP contribution in [0.25, 0.3) is 11.0 Å². The van der Waals surface area contributed by atoms with E-state index >= 15 is 0 Å². The van der Waals surface area contributed by atoms with Crippen LogP contribution >= 0.6 is 27.5 Å². The minimum Gasteiger partial charge on any atom is -0.497 e. The van der Waals surface area contributed by atoms with Gasteiger partial charge in [0.15, 0.2) is 0 Å². The van der Waals surface area contributed by atoms with Gasteiger partial charge in [0.25, 0.3) is 5.91 Å². The van der Waals surface area contributed by atoms with Gasteiger partial charge in [-0.05, 0) is 71.1 Å². The SMILES string of the molecule is CCCn1c(CN(CCC(C)C)C(=O)c2cc(OC)ccc2Br)nc2ccc(Cl)cc21.